The molecule has 6 rings (SSSR count). The minimum absolute atomic E-state index is 0.0199. The Morgan fingerprint density at radius 3 is 2.09 bits per heavy atom. The van der Waals surface area contributed by atoms with Gasteiger partial charge in [0.25, 0.3) is 11.4 Å². The van der Waals surface area contributed by atoms with Crippen LogP contribution in [0, 0.1) is 26.1 Å². The van der Waals surface area contributed by atoms with Crippen molar-refractivity contribution in [2.24, 2.45) is 5.92 Å². The monoisotopic (exact) mass is 753 g/mol. The molecule has 0 bridgehead atoms. The van der Waals surface area contributed by atoms with Gasteiger partial charge in [0, 0.05) is 71.6 Å². The minimum Gasteiger partial charge on any atom is -0.497 e. The van der Waals surface area contributed by atoms with Gasteiger partial charge in [0.15, 0.2) is 11.5 Å². The van der Waals surface area contributed by atoms with Crippen molar-refractivity contribution in [2.45, 2.75) is 76.9 Å². The van der Waals surface area contributed by atoms with Crippen molar-refractivity contribution < 1.29 is 43.7 Å². The zero-order valence-corrected chi connectivity index (χ0v) is 31.7. The number of nitro benzene ring substituents is 2. The molecule has 0 saturated heterocycles. The van der Waals surface area contributed by atoms with Crippen molar-refractivity contribution >= 4 is 40.2 Å². The topological polar surface area (TPSA) is 186 Å². The van der Waals surface area contributed by atoms with E-state index in [9.17, 15) is 34.9 Å². The maximum Gasteiger partial charge on any atom is 0.303 e. The number of carboxylic acids is 1. The number of carbonyl (C=O) groups excluding carboxylic acids is 1. The molecule has 0 aromatic heterocycles. The van der Waals surface area contributed by atoms with Gasteiger partial charge in [0.05, 0.1) is 47.6 Å². The van der Waals surface area contributed by atoms with Crippen LogP contribution in [-0.4, -0.2) is 69.0 Å². The summed E-state index contributed by atoms with van der Waals surface area (Å²) in [5.41, 5.74) is 3.50. The highest BCUT2D eigenvalue weighted by molar-refractivity contribution is 6.14. The number of allylic oxidation sites excluding steroid dienone is 2. The van der Waals surface area contributed by atoms with Crippen LogP contribution >= 0.6 is 0 Å². The third kappa shape index (κ3) is 7.09. The molecular formula is C41H45N4O10+. The van der Waals surface area contributed by atoms with Gasteiger partial charge >= 0.3 is 5.97 Å². The molecule has 1 aliphatic carbocycles. The number of nitro groups is 2. The van der Waals surface area contributed by atoms with Crippen LogP contribution in [-0.2, 0) is 27.0 Å². The number of methoxy groups -OCH3 is 2. The number of aliphatic hydroxyl groups is 1. The molecule has 288 valence electrons. The number of aliphatic hydroxyl groups excluding tert-OH is 1. The van der Waals surface area contributed by atoms with Gasteiger partial charge in [0.1, 0.15) is 18.0 Å². The van der Waals surface area contributed by atoms with E-state index in [1.54, 1.807) is 32.4 Å². The van der Waals surface area contributed by atoms with Crippen molar-refractivity contribution in [1.82, 2.24) is 0 Å². The smallest absolute Gasteiger partial charge is 0.303 e. The Morgan fingerprint density at radius 1 is 0.891 bits per heavy atom. The minimum atomic E-state index is -1.14. The average molecular weight is 754 g/mol. The van der Waals surface area contributed by atoms with Crippen molar-refractivity contribution in [3.05, 3.63) is 115 Å². The normalized spacial score (nSPS) is 20.7. The van der Waals surface area contributed by atoms with Gasteiger partial charge in [-0.2, -0.15) is 4.58 Å². The number of hydrogen-bond acceptors (Lipinski definition) is 10. The Labute approximate surface area is 318 Å². The maximum absolute atomic E-state index is 14.1. The predicted molar refractivity (Wildman–Crippen MR) is 205 cm³/mol. The molecular weight excluding hydrogens is 708 g/mol. The first-order valence-electron chi connectivity index (χ1n) is 18.1. The molecule has 14 heteroatoms. The van der Waals surface area contributed by atoms with Gasteiger partial charge < -0.3 is 24.6 Å². The van der Waals surface area contributed by atoms with Crippen molar-refractivity contribution in [1.29, 1.82) is 0 Å². The average Bonchev–Trinajstić information content (AvgIpc) is 3.48. The fraction of sp³-hybridized carbons (Fsp3) is 0.390. The maximum atomic E-state index is 14.1. The first-order chi connectivity index (χ1) is 26.0. The van der Waals surface area contributed by atoms with Crippen molar-refractivity contribution in [3.63, 3.8) is 0 Å². The Kier molecular flexibility index (Phi) is 10.4. The molecule has 0 spiro atoms. The molecule has 2 heterocycles. The number of hydrogen-bond donors (Lipinski definition) is 2. The van der Waals surface area contributed by atoms with Crippen LogP contribution in [0.4, 0.5) is 22.7 Å². The third-order valence-corrected chi connectivity index (χ3v) is 11.1. The Balaban J connectivity index is 1.38. The number of benzene rings is 3. The fourth-order valence-corrected chi connectivity index (χ4v) is 8.02. The number of carbonyl (C=O) groups is 2. The van der Waals surface area contributed by atoms with Gasteiger partial charge in [-0.1, -0.05) is 19.9 Å². The van der Waals surface area contributed by atoms with E-state index < -0.39 is 50.0 Å². The van der Waals surface area contributed by atoms with Crippen LogP contribution in [0.15, 0.2) is 78.0 Å². The van der Waals surface area contributed by atoms with Gasteiger partial charge in [-0.25, -0.2) is 0 Å². The highest BCUT2D eigenvalue weighted by Crippen LogP contribution is 2.51. The molecule has 0 radical (unpaired) electrons. The second-order valence-corrected chi connectivity index (χ2v) is 15.2. The van der Waals surface area contributed by atoms with Crippen LogP contribution < -0.4 is 14.4 Å². The first-order valence-corrected chi connectivity index (χ1v) is 18.1. The van der Waals surface area contributed by atoms with Gasteiger partial charge in [-0.3, -0.25) is 29.8 Å². The van der Waals surface area contributed by atoms with Gasteiger partial charge in [-0.05, 0) is 68.1 Å². The van der Waals surface area contributed by atoms with E-state index >= 15 is 0 Å². The lowest BCUT2D eigenvalue weighted by molar-refractivity contribution is -0.438. The number of fused-ring (bicyclic) bond motifs is 2. The number of rotatable bonds is 14. The molecule has 1 saturated carbocycles. The largest absolute Gasteiger partial charge is 0.497 e. The summed E-state index contributed by atoms with van der Waals surface area (Å²) in [6.07, 6.45) is 4.45. The predicted octanol–water partition coefficient (Wildman–Crippen LogP) is 6.91. The molecule has 2 unspecified atom stereocenters. The van der Waals surface area contributed by atoms with Crippen LogP contribution in [0.1, 0.15) is 70.1 Å². The second kappa shape index (κ2) is 14.7. The fourth-order valence-electron chi connectivity index (χ4n) is 8.02. The second-order valence-electron chi connectivity index (χ2n) is 15.2. The summed E-state index contributed by atoms with van der Waals surface area (Å²) in [5, 5.41) is 44.3. The highest BCUT2D eigenvalue weighted by atomic mass is 16.6. The molecule has 55 heavy (non-hydrogen) atoms. The van der Waals surface area contributed by atoms with Crippen LogP contribution in [0.3, 0.4) is 0 Å². The Hall–Kier alpha value is -5.89. The third-order valence-electron chi connectivity index (χ3n) is 11.1. The van der Waals surface area contributed by atoms with E-state index in [-0.39, 0.29) is 24.3 Å². The summed E-state index contributed by atoms with van der Waals surface area (Å²) in [7, 11) is 3.15. The zero-order valence-electron chi connectivity index (χ0n) is 31.7. The van der Waals surface area contributed by atoms with Crippen molar-refractivity contribution in [2.75, 3.05) is 25.7 Å². The van der Waals surface area contributed by atoms with Crippen LogP contribution in [0.2, 0.25) is 0 Å². The molecule has 1 fully saturated rings. The molecule has 2 aliphatic heterocycles. The molecule has 14 nitrogen and oxygen atoms in total. The number of Topliss-reactive ketones (excluding diaryl/α,β-unsaturated/α-hetero) is 1. The molecule has 0 amide bonds. The number of anilines is 1. The Morgan fingerprint density at radius 2 is 1.51 bits per heavy atom. The first kappa shape index (κ1) is 38.8. The van der Waals surface area contributed by atoms with Crippen molar-refractivity contribution in [3.8, 4) is 11.5 Å². The Bertz CT molecular complexity index is 2170. The van der Waals surface area contributed by atoms with E-state index in [0.29, 0.717) is 42.1 Å². The number of unbranched alkanes of at least 4 members (excludes halogenated alkanes) is 2. The number of carboxylic acid groups (broad SMARTS) is 1. The van der Waals surface area contributed by atoms with Gasteiger partial charge in [-0.15, -0.1) is 0 Å². The summed E-state index contributed by atoms with van der Waals surface area (Å²) in [6, 6.07) is 14.8. The summed E-state index contributed by atoms with van der Waals surface area (Å²) in [6.45, 7) is 8.65. The number of ether oxygens (including phenoxy) is 2. The quantitative estimate of drug-likeness (QED) is 0.0573. The summed E-state index contributed by atoms with van der Waals surface area (Å²) < 4.78 is 13.2. The highest BCUT2D eigenvalue weighted by Gasteiger charge is 2.50. The molecule has 3 aromatic rings. The zero-order chi connectivity index (χ0) is 40.0. The number of aliphatic carboxylic acids is 1. The van der Waals surface area contributed by atoms with E-state index in [0.717, 1.165) is 40.7 Å². The number of ketones is 1. The molecule has 2 atom stereocenters. The summed E-state index contributed by atoms with van der Waals surface area (Å²) >= 11 is 0. The van der Waals surface area contributed by atoms with E-state index in [2.05, 4.69) is 18.4 Å². The lowest BCUT2D eigenvalue weighted by Crippen LogP contribution is -2.46. The van der Waals surface area contributed by atoms with Crippen LogP contribution in [0.5, 0.6) is 11.5 Å². The van der Waals surface area contributed by atoms with E-state index in [1.807, 2.05) is 49.1 Å². The lowest BCUT2D eigenvalue weighted by atomic mass is 9.71. The van der Waals surface area contributed by atoms with Crippen LogP contribution in [0.25, 0.3) is 0 Å². The molecule has 2 N–H and O–H groups in total. The number of non-ortho nitro benzene ring substituents is 2. The lowest BCUT2D eigenvalue weighted by Gasteiger charge is -2.35. The number of nitrogens with zero attached hydrogens (tertiary/aromatic N) is 4. The molecule has 3 aromatic carbocycles. The standard InChI is InChI=1S/C41H44N4O10/c1-40(2)31-19-27(54-5)11-13-33(31)42(15-9-7-8-10-37(46)47)35(40)21-29-38(48)30(39(29)49)22-36-41(3,4)32-20-28(55-6)12-14-34(32)43(36)23-24-16-25(44(50)51)18-26(17-24)45(52)53/h11-14,16-22,30,38,48H,7-10,15,23H2,1-6H3/p+1. The van der Waals surface area contributed by atoms with E-state index in [4.69, 9.17) is 14.6 Å². The molecule has 3 aliphatic rings. The van der Waals surface area contributed by atoms with E-state index in [1.165, 1.54) is 12.1 Å². The SMILES string of the molecule is COc1ccc2c(c1)C(C)(C)C(=CC1C(=O)C(=CC3=[N+](CCCCCC(=O)O)c4ccc(OC)cc4C3(C)C)C1O)N2Cc1cc([N+](=O)[O-])cc([N+](=O)[O-])c1. The summed E-state index contributed by atoms with van der Waals surface area (Å²) in [4.78, 5) is 49.2. The van der Waals surface area contributed by atoms with Gasteiger partial charge in [0.2, 0.25) is 5.69 Å². The summed E-state index contributed by atoms with van der Waals surface area (Å²) in [5.74, 6) is -0.704.